The Labute approximate surface area is 166 Å². The molecular formula is C22H29N3O3. The summed E-state index contributed by atoms with van der Waals surface area (Å²) in [5.41, 5.74) is 4.56. The fourth-order valence-electron chi connectivity index (χ4n) is 3.50. The summed E-state index contributed by atoms with van der Waals surface area (Å²) < 4.78 is 10.8. The molecule has 0 saturated heterocycles. The Bertz CT molecular complexity index is 823. The van der Waals surface area contributed by atoms with Crippen molar-refractivity contribution in [2.24, 2.45) is 0 Å². The molecule has 1 aliphatic rings. The Hall–Kier alpha value is -2.57. The van der Waals surface area contributed by atoms with Crippen molar-refractivity contribution >= 4 is 11.6 Å². The molecule has 1 amide bonds. The van der Waals surface area contributed by atoms with Gasteiger partial charge in [-0.25, -0.2) is 0 Å². The number of hydrogen-bond donors (Lipinski definition) is 2. The number of nitrogens with one attached hydrogen (secondary N) is 2. The van der Waals surface area contributed by atoms with Crippen LogP contribution in [-0.2, 0) is 17.8 Å². The number of nitrogens with zero attached hydrogens (tertiary/aromatic N) is 1. The number of benzene rings is 2. The molecule has 0 radical (unpaired) electrons. The molecule has 6 heteroatoms. The van der Waals surface area contributed by atoms with E-state index in [-0.39, 0.29) is 5.91 Å². The molecule has 2 aromatic carbocycles. The Morgan fingerprint density at radius 1 is 1.11 bits per heavy atom. The van der Waals surface area contributed by atoms with E-state index in [0.29, 0.717) is 6.54 Å². The average Bonchev–Trinajstić information content (AvgIpc) is 2.70. The van der Waals surface area contributed by atoms with Gasteiger partial charge in [-0.3, -0.25) is 9.69 Å². The average molecular weight is 383 g/mol. The first kappa shape index (κ1) is 20.2. The quantitative estimate of drug-likeness (QED) is 0.686. The Morgan fingerprint density at radius 2 is 1.86 bits per heavy atom. The van der Waals surface area contributed by atoms with E-state index in [1.807, 2.05) is 31.2 Å². The number of rotatable bonds is 8. The molecule has 0 fully saturated rings. The van der Waals surface area contributed by atoms with E-state index < -0.39 is 0 Å². The molecule has 1 aliphatic heterocycles. The monoisotopic (exact) mass is 383 g/mol. The van der Waals surface area contributed by atoms with Gasteiger partial charge in [0.05, 0.1) is 20.8 Å². The highest BCUT2D eigenvalue weighted by Crippen LogP contribution is 2.33. The van der Waals surface area contributed by atoms with Crippen LogP contribution in [0.1, 0.15) is 16.7 Å². The van der Waals surface area contributed by atoms with Crippen LogP contribution in [-0.4, -0.2) is 51.2 Å². The molecule has 0 unspecified atom stereocenters. The van der Waals surface area contributed by atoms with Gasteiger partial charge in [-0.15, -0.1) is 0 Å². The smallest absolute Gasteiger partial charge is 0.238 e. The maximum absolute atomic E-state index is 12.1. The van der Waals surface area contributed by atoms with Gasteiger partial charge in [-0.05, 0) is 54.3 Å². The molecule has 2 N–H and O–H groups in total. The minimum absolute atomic E-state index is 0.0218. The molecule has 0 atom stereocenters. The molecule has 0 saturated carbocycles. The second kappa shape index (κ2) is 9.57. The standard InChI is InChI=1S/C22H29N3O3/c1-16-5-4-6-19(11-16)24-22(26)14-23-8-10-25-9-7-17-12-20(27-2)21(28-3)13-18(17)15-25/h4-6,11-13,23H,7-10,14-15H2,1-3H3,(H,24,26). The molecule has 1 heterocycles. The van der Waals surface area contributed by atoms with Gasteiger partial charge in [-0.2, -0.15) is 0 Å². The SMILES string of the molecule is COc1cc2c(cc1OC)CN(CCNCC(=O)Nc1cccc(C)c1)CC2. The van der Waals surface area contributed by atoms with E-state index in [1.165, 1.54) is 11.1 Å². The minimum Gasteiger partial charge on any atom is -0.493 e. The van der Waals surface area contributed by atoms with Crippen molar-refractivity contribution in [2.75, 3.05) is 45.7 Å². The van der Waals surface area contributed by atoms with Gasteiger partial charge in [0.25, 0.3) is 0 Å². The summed E-state index contributed by atoms with van der Waals surface area (Å²) in [4.78, 5) is 14.4. The second-order valence-electron chi connectivity index (χ2n) is 7.10. The van der Waals surface area contributed by atoms with Crippen LogP contribution in [0.3, 0.4) is 0 Å². The van der Waals surface area contributed by atoms with Crippen LogP contribution in [0.25, 0.3) is 0 Å². The number of carbonyl (C=O) groups is 1. The number of methoxy groups -OCH3 is 2. The van der Waals surface area contributed by atoms with Gasteiger partial charge < -0.3 is 20.1 Å². The maximum atomic E-state index is 12.1. The first-order valence-electron chi connectivity index (χ1n) is 9.62. The lowest BCUT2D eigenvalue weighted by molar-refractivity contribution is -0.115. The van der Waals surface area contributed by atoms with Crippen molar-refractivity contribution in [3.05, 3.63) is 53.1 Å². The van der Waals surface area contributed by atoms with Crippen molar-refractivity contribution in [3.63, 3.8) is 0 Å². The summed E-state index contributed by atoms with van der Waals surface area (Å²) in [6.45, 7) is 5.86. The zero-order valence-corrected chi connectivity index (χ0v) is 16.9. The molecule has 6 nitrogen and oxygen atoms in total. The first-order valence-corrected chi connectivity index (χ1v) is 9.62. The van der Waals surface area contributed by atoms with Gasteiger partial charge in [0.2, 0.25) is 5.91 Å². The van der Waals surface area contributed by atoms with Crippen LogP contribution in [0.5, 0.6) is 11.5 Å². The number of fused-ring (bicyclic) bond motifs is 1. The van der Waals surface area contributed by atoms with Gasteiger partial charge in [0, 0.05) is 31.9 Å². The van der Waals surface area contributed by atoms with Crippen molar-refractivity contribution in [1.82, 2.24) is 10.2 Å². The predicted molar refractivity (Wildman–Crippen MR) is 111 cm³/mol. The number of anilines is 1. The van der Waals surface area contributed by atoms with E-state index in [4.69, 9.17) is 9.47 Å². The molecule has 0 aliphatic carbocycles. The normalized spacial score (nSPS) is 13.7. The lowest BCUT2D eigenvalue weighted by Crippen LogP contribution is -2.38. The van der Waals surface area contributed by atoms with E-state index in [1.54, 1.807) is 14.2 Å². The van der Waals surface area contributed by atoms with E-state index in [2.05, 4.69) is 27.7 Å². The maximum Gasteiger partial charge on any atom is 0.238 e. The Morgan fingerprint density at radius 3 is 2.57 bits per heavy atom. The summed E-state index contributed by atoms with van der Waals surface area (Å²) in [5, 5.41) is 6.15. The predicted octanol–water partition coefficient (Wildman–Crippen LogP) is 2.60. The van der Waals surface area contributed by atoms with Gasteiger partial charge in [0.1, 0.15) is 0 Å². The van der Waals surface area contributed by atoms with Crippen molar-refractivity contribution in [1.29, 1.82) is 0 Å². The fourth-order valence-corrected chi connectivity index (χ4v) is 3.50. The molecule has 0 spiro atoms. The molecule has 2 aromatic rings. The molecule has 0 aromatic heterocycles. The third-order valence-electron chi connectivity index (χ3n) is 4.99. The number of ether oxygens (including phenoxy) is 2. The van der Waals surface area contributed by atoms with Crippen molar-refractivity contribution < 1.29 is 14.3 Å². The van der Waals surface area contributed by atoms with Crippen LogP contribution in [0.4, 0.5) is 5.69 Å². The summed E-state index contributed by atoms with van der Waals surface area (Å²) in [6.07, 6.45) is 0.990. The highest BCUT2D eigenvalue weighted by Gasteiger charge is 2.19. The van der Waals surface area contributed by atoms with Gasteiger partial charge in [0.15, 0.2) is 11.5 Å². The minimum atomic E-state index is -0.0218. The lowest BCUT2D eigenvalue weighted by atomic mass is 9.99. The van der Waals surface area contributed by atoms with Crippen LogP contribution in [0.15, 0.2) is 36.4 Å². The number of hydrogen-bond acceptors (Lipinski definition) is 5. The fraction of sp³-hybridized carbons (Fsp3) is 0.409. The summed E-state index contributed by atoms with van der Waals surface area (Å²) in [7, 11) is 3.33. The lowest BCUT2D eigenvalue weighted by Gasteiger charge is -2.29. The molecule has 150 valence electrons. The third-order valence-corrected chi connectivity index (χ3v) is 4.99. The second-order valence-corrected chi connectivity index (χ2v) is 7.10. The van der Waals surface area contributed by atoms with E-state index in [9.17, 15) is 4.79 Å². The van der Waals surface area contributed by atoms with Crippen LogP contribution >= 0.6 is 0 Å². The summed E-state index contributed by atoms with van der Waals surface area (Å²) >= 11 is 0. The number of carbonyl (C=O) groups excluding carboxylic acids is 1. The van der Waals surface area contributed by atoms with E-state index in [0.717, 1.165) is 55.3 Å². The van der Waals surface area contributed by atoms with Crippen molar-refractivity contribution in [2.45, 2.75) is 19.9 Å². The van der Waals surface area contributed by atoms with Crippen molar-refractivity contribution in [3.8, 4) is 11.5 Å². The van der Waals surface area contributed by atoms with Gasteiger partial charge >= 0.3 is 0 Å². The summed E-state index contributed by atoms with van der Waals surface area (Å²) in [5.74, 6) is 1.54. The van der Waals surface area contributed by atoms with Gasteiger partial charge in [-0.1, -0.05) is 12.1 Å². The number of amides is 1. The topological polar surface area (TPSA) is 62.8 Å². The van der Waals surface area contributed by atoms with Crippen LogP contribution in [0, 0.1) is 6.92 Å². The van der Waals surface area contributed by atoms with Crippen LogP contribution < -0.4 is 20.1 Å². The number of aryl methyl sites for hydroxylation is 1. The third kappa shape index (κ3) is 5.24. The zero-order valence-electron chi connectivity index (χ0n) is 16.9. The molecular weight excluding hydrogens is 354 g/mol. The largest absolute Gasteiger partial charge is 0.493 e. The molecule has 3 rings (SSSR count). The van der Waals surface area contributed by atoms with Crippen LogP contribution in [0.2, 0.25) is 0 Å². The first-order chi connectivity index (χ1) is 13.6. The zero-order chi connectivity index (χ0) is 19.9. The highest BCUT2D eigenvalue weighted by atomic mass is 16.5. The Balaban J connectivity index is 1.43. The van der Waals surface area contributed by atoms with E-state index >= 15 is 0 Å². The highest BCUT2D eigenvalue weighted by molar-refractivity contribution is 5.92. The summed E-state index contributed by atoms with van der Waals surface area (Å²) in [6, 6.07) is 12.0. The molecule has 28 heavy (non-hydrogen) atoms. The molecule has 0 bridgehead atoms. The Kier molecular flexibility index (Phi) is 6.90.